The summed E-state index contributed by atoms with van der Waals surface area (Å²) in [5, 5.41) is 0. The maximum Gasteiger partial charge on any atom is 0.306 e. The maximum absolute atomic E-state index is 12.6. The van der Waals surface area contributed by atoms with Crippen molar-refractivity contribution in [3.05, 3.63) is 11.6 Å². The highest BCUT2D eigenvalue weighted by molar-refractivity contribution is 5.69. The van der Waals surface area contributed by atoms with Crippen LogP contribution in [0.2, 0.25) is 0 Å². The molecule has 0 heterocycles. The monoisotopic (exact) mass is 540 g/mol. The van der Waals surface area contributed by atoms with Crippen molar-refractivity contribution in [2.24, 2.45) is 46.3 Å². The van der Waals surface area contributed by atoms with Gasteiger partial charge in [0.05, 0.1) is 0 Å². The van der Waals surface area contributed by atoms with Gasteiger partial charge in [0.25, 0.3) is 0 Å². The van der Waals surface area contributed by atoms with E-state index in [1.54, 1.807) is 5.57 Å². The maximum atomic E-state index is 12.6. The number of carbonyl (C=O) groups excluding carboxylic acids is 1. The van der Waals surface area contributed by atoms with Gasteiger partial charge in [0, 0.05) is 12.8 Å². The summed E-state index contributed by atoms with van der Waals surface area (Å²) in [7, 11) is 0. The lowest BCUT2D eigenvalue weighted by Crippen LogP contribution is -2.51. The molecule has 4 rings (SSSR count). The van der Waals surface area contributed by atoms with E-state index in [-0.39, 0.29) is 12.1 Å². The lowest BCUT2D eigenvalue weighted by molar-refractivity contribution is -0.151. The van der Waals surface area contributed by atoms with Crippen LogP contribution in [0, 0.1) is 46.3 Å². The van der Waals surface area contributed by atoms with Gasteiger partial charge < -0.3 is 4.74 Å². The second kappa shape index (κ2) is 13.9. The van der Waals surface area contributed by atoms with Crippen LogP contribution < -0.4 is 0 Å². The fourth-order valence-electron chi connectivity index (χ4n) is 10.2. The van der Waals surface area contributed by atoms with E-state index in [9.17, 15) is 4.79 Å². The van der Waals surface area contributed by atoms with Crippen LogP contribution >= 0.6 is 0 Å². The highest BCUT2D eigenvalue weighted by Crippen LogP contribution is 2.67. The zero-order valence-corrected chi connectivity index (χ0v) is 26.9. The molecule has 0 unspecified atom stereocenters. The summed E-state index contributed by atoms with van der Waals surface area (Å²) in [6.45, 7) is 14.9. The van der Waals surface area contributed by atoms with Gasteiger partial charge in [-0.3, -0.25) is 4.79 Å². The number of hydrogen-bond donors (Lipinski definition) is 0. The molecule has 0 aromatic rings. The predicted octanol–water partition coefficient (Wildman–Crippen LogP) is 11.1. The molecule has 0 aromatic heterocycles. The fourth-order valence-corrected chi connectivity index (χ4v) is 10.2. The predicted molar refractivity (Wildman–Crippen MR) is 166 cm³/mol. The first-order chi connectivity index (χ1) is 18.7. The summed E-state index contributed by atoms with van der Waals surface area (Å²) < 4.78 is 6.06. The Morgan fingerprint density at radius 2 is 1.64 bits per heavy atom. The van der Waals surface area contributed by atoms with Gasteiger partial charge in [0.15, 0.2) is 0 Å². The summed E-state index contributed by atoms with van der Waals surface area (Å²) >= 11 is 0. The van der Waals surface area contributed by atoms with E-state index in [1.807, 2.05) is 0 Å². The Bertz CT molecular complexity index is 812. The van der Waals surface area contributed by atoms with Crippen molar-refractivity contribution in [2.45, 2.75) is 170 Å². The van der Waals surface area contributed by atoms with Crippen molar-refractivity contribution < 1.29 is 9.53 Å². The molecule has 0 bridgehead atoms. The molecule has 0 radical (unpaired) electrons. The number of ether oxygens (including phenoxy) is 1. The third-order valence-corrected chi connectivity index (χ3v) is 12.5. The van der Waals surface area contributed by atoms with Crippen molar-refractivity contribution in [3.63, 3.8) is 0 Å². The minimum atomic E-state index is 0.0550. The lowest BCUT2D eigenvalue weighted by Gasteiger charge is -2.58. The number of allylic oxidation sites excluding steroid dienone is 1. The van der Waals surface area contributed by atoms with Crippen LogP contribution in [0.25, 0.3) is 0 Å². The molecule has 224 valence electrons. The lowest BCUT2D eigenvalue weighted by atomic mass is 9.47. The van der Waals surface area contributed by atoms with Gasteiger partial charge in [-0.15, -0.1) is 0 Å². The van der Waals surface area contributed by atoms with E-state index < -0.39 is 0 Å². The fraction of sp³-hybridized carbons (Fsp3) is 0.919. The second-order valence-electron chi connectivity index (χ2n) is 15.5. The molecule has 3 fully saturated rings. The number of esters is 1. The van der Waals surface area contributed by atoms with Gasteiger partial charge in [-0.1, -0.05) is 111 Å². The van der Waals surface area contributed by atoms with Gasteiger partial charge in [-0.05, 0) is 97.7 Å². The van der Waals surface area contributed by atoms with Crippen molar-refractivity contribution in [2.75, 3.05) is 0 Å². The molecule has 0 aromatic carbocycles. The third kappa shape index (κ3) is 7.17. The van der Waals surface area contributed by atoms with Gasteiger partial charge in [-0.25, -0.2) is 0 Å². The largest absolute Gasteiger partial charge is 0.462 e. The minimum absolute atomic E-state index is 0.0550. The Kier molecular flexibility index (Phi) is 11.1. The summed E-state index contributed by atoms with van der Waals surface area (Å²) in [5.74, 6) is 5.34. The SMILES string of the molecule is CCCCCCCCCC(=O)O[C@H]1CC[C@@]2(C)C(=CC[C@H]3[C@@H]4CC[C@@H]([C@H](C)CCCC(C)C)[C@@]4(C)CC[C@@H]32)C1. The van der Waals surface area contributed by atoms with Crippen LogP contribution in [0.5, 0.6) is 0 Å². The Hall–Kier alpha value is -0.790. The summed E-state index contributed by atoms with van der Waals surface area (Å²) in [4.78, 5) is 12.6. The zero-order valence-electron chi connectivity index (χ0n) is 26.9. The molecule has 4 aliphatic carbocycles. The van der Waals surface area contributed by atoms with Gasteiger partial charge >= 0.3 is 5.97 Å². The molecule has 0 N–H and O–H groups in total. The van der Waals surface area contributed by atoms with Crippen molar-refractivity contribution >= 4 is 5.97 Å². The Labute approximate surface area is 242 Å². The molecule has 3 saturated carbocycles. The first kappa shape index (κ1) is 31.2. The van der Waals surface area contributed by atoms with E-state index in [0.717, 1.165) is 54.8 Å². The van der Waals surface area contributed by atoms with E-state index >= 15 is 0 Å². The number of carbonyl (C=O) groups is 1. The number of unbranched alkanes of at least 4 members (excludes halogenated alkanes) is 6. The molecule has 0 spiro atoms. The van der Waals surface area contributed by atoms with Crippen LogP contribution in [0.15, 0.2) is 11.6 Å². The van der Waals surface area contributed by atoms with E-state index in [0.29, 0.717) is 17.3 Å². The highest BCUT2D eigenvalue weighted by atomic mass is 16.5. The Morgan fingerprint density at radius 1 is 0.897 bits per heavy atom. The van der Waals surface area contributed by atoms with Crippen molar-refractivity contribution in [3.8, 4) is 0 Å². The van der Waals surface area contributed by atoms with Crippen LogP contribution in [0.3, 0.4) is 0 Å². The molecular formula is C37H64O2. The van der Waals surface area contributed by atoms with Crippen LogP contribution in [0.1, 0.15) is 164 Å². The van der Waals surface area contributed by atoms with Gasteiger partial charge in [0.2, 0.25) is 0 Å². The van der Waals surface area contributed by atoms with Crippen LogP contribution in [0.4, 0.5) is 0 Å². The molecular weight excluding hydrogens is 476 g/mol. The number of rotatable bonds is 14. The third-order valence-electron chi connectivity index (χ3n) is 12.5. The molecule has 8 atom stereocenters. The standard InChI is InChI=1S/C37H64O2/c1-7-8-9-10-11-12-13-17-35(38)39-30-22-24-36(5)29(26-30)18-19-31-33-21-20-32(28(4)16-14-15-27(2)3)37(33,6)25-23-34(31)36/h18,27-28,30-34H,7-17,19-26H2,1-6H3/t28-,30+,31+,32+,33+,34+,36+,37-/m1/s1. The smallest absolute Gasteiger partial charge is 0.306 e. The topological polar surface area (TPSA) is 26.3 Å². The summed E-state index contributed by atoms with van der Waals surface area (Å²) in [5.41, 5.74) is 2.54. The summed E-state index contributed by atoms with van der Waals surface area (Å²) in [6.07, 6.45) is 26.7. The van der Waals surface area contributed by atoms with Gasteiger partial charge in [-0.2, -0.15) is 0 Å². The second-order valence-corrected chi connectivity index (χ2v) is 15.5. The molecule has 4 aliphatic rings. The van der Waals surface area contributed by atoms with Gasteiger partial charge in [0.1, 0.15) is 6.10 Å². The molecule has 0 aliphatic heterocycles. The Balaban J connectivity index is 1.29. The minimum Gasteiger partial charge on any atom is -0.462 e. The quantitative estimate of drug-likeness (QED) is 0.124. The van der Waals surface area contributed by atoms with Crippen molar-refractivity contribution in [1.29, 1.82) is 0 Å². The highest BCUT2D eigenvalue weighted by Gasteiger charge is 2.59. The molecule has 0 amide bonds. The molecule has 39 heavy (non-hydrogen) atoms. The zero-order chi connectivity index (χ0) is 28.0. The van der Waals surface area contributed by atoms with Crippen molar-refractivity contribution in [1.82, 2.24) is 0 Å². The van der Waals surface area contributed by atoms with Crippen LogP contribution in [-0.4, -0.2) is 12.1 Å². The molecule has 0 saturated heterocycles. The number of hydrogen-bond acceptors (Lipinski definition) is 2. The first-order valence-electron chi connectivity index (χ1n) is 17.6. The van der Waals surface area contributed by atoms with Crippen LogP contribution in [-0.2, 0) is 9.53 Å². The average Bonchev–Trinajstić information content (AvgIpc) is 3.25. The molecule has 2 nitrogen and oxygen atoms in total. The molecule has 2 heteroatoms. The average molecular weight is 541 g/mol. The Morgan fingerprint density at radius 3 is 2.38 bits per heavy atom. The van der Waals surface area contributed by atoms with E-state index in [2.05, 4.69) is 47.6 Å². The normalized spacial score (nSPS) is 36.6. The number of fused-ring (bicyclic) bond motifs is 5. The first-order valence-corrected chi connectivity index (χ1v) is 17.6. The van der Waals surface area contributed by atoms with E-state index in [1.165, 1.54) is 96.3 Å². The summed E-state index contributed by atoms with van der Waals surface area (Å²) in [6, 6.07) is 0. The van der Waals surface area contributed by atoms with E-state index in [4.69, 9.17) is 4.74 Å².